The Bertz CT molecular complexity index is 1170. The molecule has 33 heavy (non-hydrogen) atoms. The molecule has 7 heteroatoms. The first-order chi connectivity index (χ1) is 16.0. The summed E-state index contributed by atoms with van der Waals surface area (Å²) in [4.78, 5) is 15.5. The zero-order valence-corrected chi connectivity index (χ0v) is 19.2. The molecule has 4 unspecified atom stereocenters. The summed E-state index contributed by atoms with van der Waals surface area (Å²) in [5, 5.41) is 10.9. The van der Waals surface area contributed by atoms with E-state index < -0.39 is 6.04 Å². The summed E-state index contributed by atoms with van der Waals surface area (Å²) >= 11 is 6.12. The number of phenolic OH excluding ortho intramolecular Hbond substituents is 1. The second kappa shape index (κ2) is 8.71. The van der Waals surface area contributed by atoms with Gasteiger partial charge in [0.25, 0.3) is 0 Å². The number of nitrogens with one attached hydrogen (secondary N) is 2. The van der Waals surface area contributed by atoms with Crippen LogP contribution in [0.5, 0.6) is 11.5 Å². The summed E-state index contributed by atoms with van der Waals surface area (Å²) in [6.07, 6.45) is 0. The molecule has 0 bridgehead atoms. The minimum atomic E-state index is -0.402. The molecule has 2 aliphatic rings. The van der Waals surface area contributed by atoms with Gasteiger partial charge in [-0.2, -0.15) is 0 Å². The molecule has 2 aliphatic heterocycles. The van der Waals surface area contributed by atoms with Crippen LogP contribution in [0.15, 0.2) is 66.7 Å². The number of nitrogens with zero attached hydrogens (tertiary/aromatic N) is 1. The SMILES string of the molecule is CCOc1cc(C2C3C(NNC3c3ccc(C)cc3)C(=O)N2c2ccc(Cl)cc2)ccc1O. The highest BCUT2D eigenvalue weighted by Crippen LogP contribution is 2.50. The minimum Gasteiger partial charge on any atom is -0.504 e. The molecule has 0 saturated carbocycles. The van der Waals surface area contributed by atoms with Crippen molar-refractivity contribution in [1.29, 1.82) is 0 Å². The van der Waals surface area contributed by atoms with Crippen LogP contribution in [0.1, 0.15) is 35.7 Å². The van der Waals surface area contributed by atoms with Crippen LogP contribution in [-0.4, -0.2) is 23.7 Å². The van der Waals surface area contributed by atoms with Gasteiger partial charge < -0.3 is 14.7 Å². The second-order valence-electron chi connectivity index (χ2n) is 8.52. The van der Waals surface area contributed by atoms with Crippen molar-refractivity contribution < 1.29 is 14.6 Å². The van der Waals surface area contributed by atoms with Crippen LogP contribution in [0.25, 0.3) is 0 Å². The average Bonchev–Trinajstić information content (AvgIpc) is 3.36. The van der Waals surface area contributed by atoms with Gasteiger partial charge in [-0.05, 0) is 61.4 Å². The van der Waals surface area contributed by atoms with Gasteiger partial charge in [0.05, 0.1) is 18.7 Å². The van der Waals surface area contributed by atoms with E-state index in [9.17, 15) is 9.90 Å². The Morgan fingerprint density at radius 1 is 0.970 bits per heavy atom. The zero-order valence-electron chi connectivity index (χ0n) is 18.5. The van der Waals surface area contributed by atoms with Crippen LogP contribution in [0.4, 0.5) is 5.69 Å². The largest absolute Gasteiger partial charge is 0.504 e. The Kier molecular flexibility index (Phi) is 5.74. The molecule has 0 spiro atoms. The van der Waals surface area contributed by atoms with Crippen LogP contribution >= 0.6 is 11.6 Å². The lowest BCUT2D eigenvalue weighted by Gasteiger charge is -2.31. The van der Waals surface area contributed by atoms with E-state index in [0.717, 1.165) is 16.8 Å². The van der Waals surface area contributed by atoms with Gasteiger partial charge >= 0.3 is 0 Å². The molecule has 3 aromatic carbocycles. The van der Waals surface area contributed by atoms with Crippen molar-refractivity contribution in [2.75, 3.05) is 11.5 Å². The van der Waals surface area contributed by atoms with Crippen molar-refractivity contribution in [3.63, 3.8) is 0 Å². The van der Waals surface area contributed by atoms with E-state index in [4.69, 9.17) is 16.3 Å². The number of phenols is 1. The number of ether oxygens (including phenoxy) is 1. The first-order valence-electron chi connectivity index (χ1n) is 11.1. The summed E-state index contributed by atoms with van der Waals surface area (Å²) in [6, 6.07) is 20.3. The summed E-state index contributed by atoms with van der Waals surface area (Å²) in [6.45, 7) is 4.37. The third kappa shape index (κ3) is 3.84. The molecule has 2 fully saturated rings. The molecular formula is C26H26ClN3O3. The van der Waals surface area contributed by atoms with Crippen LogP contribution < -0.4 is 20.5 Å². The number of anilines is 1. The normalized spacial score (nSPS) is 24.2. The highest BCUT2D eigenvalue weighted by atomic mass is 35.5. The predicted molar refractivity (Wildman–Crippen MR) is 128 cm³/mol. The first kappa shape index (κ1) is 21.8. The number of benzene rings is 3. The fourth-order valence-electron chi connectivity index (χ4n) is 4.94. The maximum atomic E-state index is 13.7. The number of aromatic hydroxyl groups is 1. The number of rotatable bonds is 5. The lowest BCUT2D eigenvalue weighted by atomic mass is 9.83. The maximum Gasteiger partial charge on any atom is 0.246 e. The Morgan fingerprint density at radius 3 is 2.33 bits per heavy atom. The summed E-state index contributed by atoms with van der Waals surface area (Å²) in [7, 11) is 0. The van der Waals surface area contributed by atoms with Crippen LogP contribution in [0.3, 0.4) is 0 Å². The number of amides is 1. The topological polar surface area (TPSA) is 73.8 Å². The molecule has 4 atom stereocenters. The first-order valence-corrected chi connectivity index (χ1v) is 11.5. The van der Waals surface area contributed by atoms with Gasteiger partial charge in [0.2, 0.25) is 5.91 Å². The molecule has 0 aliphatic carbocycles. The molecule has 170 valence electrons. The van der Waals surface area contributed by atoms with E-state index in [2.05, 4.69) is 42.0 Å². The summed E-state index contributed by atoms with van der Waals surface area (Å²) in [5.41, 5.74) is 10.6. The standard InChI is InChI=1S/C26H26ClN3O3/c1-3-33-21-14-17(8-13-20(21)31)25-22-23(16-6-4-15(2)5-7-16)28-29-24(22)26(32)30(25)19-11-9-18(27)10-12-19/h4-14,22-25,28-29,31H,3H2,1-2H3. The molecule has 0 aromatic heterocycles. The Labute approximate surface area is 198 Å². The number of halogens is 1. The van der Waals surface area contributed by atoms with Gasteiger partial charge in [-0.25, -0.2) is 10.9 Å². The van der Waals surface area contributed by atoms with Gasteiger partial charge in [0, 0.05) is 16.6 Å². The smallest absolute Gasteiger partial charge is 0.246 e. The Balaban J connectivity index is 1.63. The Morgan fingerprint density at radius 2 is 1.64 bits per heavy atom. The minimum absolute atomic E-state index is 0.0135. The van der Waals surface area contributed by atoms with Gasteiger partial charge in [-0.1, -0.05) is 47.5 Å². The fraction of sp³-hybridized carbons (Fsp3) is 0.269. The molecular weight excluding hydrogens is 438 g/mol. The maximum absolute atomic E-state index is 13.7. The van der Waals surface area contributed by atoms with Crippen LogP contribution in [0, 0.1) is 12.8 Å². The third-order valence-corrected chi connectivity index (χ3v) is 6.73. The second-order valence-corrected chi connectivity index (χ2v) is 8.96. The number of aryl methyl sites for hydroxylation is 1. The predicted octanol–water partition coefficient (Wildman–Crippen LogP) is 4.67. The van der Waals surface area contributed by atoms with E-state index in [1.807, 2.05) is 36.1 Å². The number of hydrazine groups is 1. The zero-order chi connectivity index (χ0) is 23.1. The van der Waals surface area contributed by atoms with Crippen molar-refractivity contribution in [1.82, 2.24) is 10.9 Å². The number of hydrogen-bond acceptors (Lipinski definition) is 5. The number of fused-ring (bicyclic) bond motifs is 1. The van der Waals surface area contributed by atoms with E-state index in [1.54, 1.807) is 18.2 Å². The van der Waals surface area contributed by atoms with Crippen molar-refractivity contribution in [2.24, 2.45) is 5.92 Å². The monoisotopic (exact) mass is 463 g/mol. The van der Waals surface area contributed by atoms with Crippen molar-refractivity contribution in [3.8, 4) is 11.5 Å². The molecule has 1 amide bonds. The van der Waals surface area contributed by atoms with E-state index in [0.29, 0.717) is 17.4 Å². The molecule has 5 rings (SSSR count). The van der Waals surface area contributed by atoms with Crippen LogP contribution in [-0.2, 0) is 4.79 Å². The van der Waals surface area contributed by atoms with Gasteiger partial charge in [-0.3, -0.25) is 4.79 Å². The van der Waals surface area contributed by atoms with Crippen molar-refractivity contribution in [3.05, 3.63) is 88.4 Å². The summed E-state index contributed by atoms with van der Waals surface area (Å²) < 4.78 is 5.65. The van der Waals surface area contributed by atoms with E-state index >= 15 is 0 Å². The third-order valence-electron chi connectivity index (χ3n) is 6.48. The van der Waals surface area contributed by atoms with Gasteiger partial charge in [-0.15, -0.1) is 0 Å². The fourth-order valence-corrected chi connectivity index (χ4v) is 5.07. The van der Waals surface area contributed by atoms with Crippen molar-refractivity contribution >= 4 is 23.2 Å². The van der Waals surface area contributed by atoms with E-state index in [1.165, 1.54) is 5.56 Å². The van der Waals surface area contributed by atoms with Crippen LogP contribution in [0.2, 0.25) is 5.02 Å². The highest BCUT2D eigenvalue weighted by Gasteiger charge is 2.56. The van der Waals surface area contributed by atoms with Gasteiger partial charge in [0.15, 0.2) is 11.5 Å². The molecule has 6 nitrogen and oxygen atoms in total. The lowest BCUT2D eigenvalue weighted by Crippen LogP contribution is -2.41. The molecule has 0 radical (unpaired) electrons. The van der Waals surface area contributed by atoms with Gasteiger partial charge in [0.1, 0.15) is 6.04 Å². The quantitative estimate of drug-likeness (QED) is 0.512. The molecule has 3 aromatic rings. The number of carbonyl (C=O) groups excluding carboxylic acids is 1. The molecule has 3 N–H and O–H groups in total. The Hall–Kier alpha value is -3.06. The highest BCUT2D eigenvalue weighted by molar-refractivity contribution is 6.30. The van der Waals surface area contributed by atoms with E-state index in [-0.39, 0.29) is 29.7 Å². The number of carbonyl (C=O) groups is 1. The number of hydrogen-bond donors (Lipinski definition) is 3. The molecule has 2 saturated heterocycles. The average molecular weight is 464 g/mol. The lowest BCUT2D eigenvalue weighted by molar-refractivity contribution is -0.119. The summed E-state index contributed by atoms with van der Waals surface area (Å²) in [5.74, 6) is 0.389. The van der Waals surface area contributed by atoms with Crippen molar-refractivity contribution in [2.45, 2.75) is 32.0 Å². The molecule has 2 heterocycles.